The van der Waals surface area contributed by atoms with E-state index in [2.05, 4.69) is 50.8 Å². The Morgan fingerprint density at radius 1 is 1.04 bits per heavy atom. The van der Waals surface area contributed by atoms with E-state index in [0.717, 1.165) is 56.0 Å². The highest BCUT2D eigenvalue weighted by atomic mass is 16.5. The minimum atomic E-state index is 0.137. The third-order valence-corrected chi connectivity index (χ3v) is 5.28. The molecule has 1 aliphatic rings. The summed E-state index contributed by atoms with van der Waals surface area (Å²) in [5.74, 6) is 0. The molecule has 0 atom stereocenters. The van der Waals surface area contributed by atoms with Gasteiger partial charge < -0.3 is 10.1 Å². The third kappa shape index (κ3) is 3.54. The molecule has 0 saturated carbocycles. The summed E-state index contributed by atoms with van der Waals surface area (Å²) in [4.78, 5) is 4.20. The predicted molar refractivity (Wildman–Crippen MR) is 102 cm³/mol. The number of hydrogen-bond acceptors (Lipinski definition) is 4. The van der Waals surface area contributed by atoms with Gasteiger partial charge >= 0.3 is 0 Å². The maximum absolute atomic E-state index is 5.63. The zero-order valence-electron chi connectivity index (χ0n) is 14.8. The van der Waals surface area contributed by atoms with E-state index in [-0.39, 0.29) is 5.41 Å². The Balaban J connectivity index is 1.47. The van der Waals surface area contributed by atoms with Crippen molar-refractivity contribution in [1.29, 1.82) is 0 Å². The van der Waals surface area contributed by atoms with Crippen molar-refractivity contribution in [3.8, 4) is 11.3 Å². The molecule has 0 bridgehead atoms. The van der Waals surface area contributed by atoms with Crippen molar-refractivity contribution in [3.63, 3.8) is 0 Å². The number of ether oxygens (including phenoxy) is 1. The van der Waals surface area contributed by atoms with Gasteiger partial charge in [0.05, 0.1) is 11.9 Å². The molecular weight excluding hydrogens is 324 g/mol. The van der Waals surface area contributed by atoms with Gasteiger partial charge in [-0.1, -0.05) is 30.3 Å². The first-order valence-electron chi connectivity index (χ1n) is 9.14. The van der Waals surface area contributed by atoms with Crippen LogP contribution in [0.2, 0.25) is 0 Å². The van der Waals surface area contributed by atoms with Gasteiger partial charge in [-0.15, -0.1) is 0 Å². The molecule has 0 aliphatic carbocycles. The molecule has 3 aromatic rings. The van der Waals surface area contributed by atoms with Crippen molar-refractivity contribution in [1.82, 2.24) is 20.5 Å². The number of rotatable bonds is 6. The van der Waals surface area contributed by atoms with Crippen LogP contribution >= 0.6 is 0 Å². The Bertz CT molecular complexity index is 810. The van der Waals surface area contributed by atoms with Crippen LogP contribution in [0.3, 0.4) is 0 Å². The van der Waals surface area contributed by atoms with E-state index >= 15 is 0 Å². The number of H-pyrrole nitrogens is 1. The molecule has 1 aliphatic heterocycles. The monoisotopic (exact) mass is 348 g/mol. The maximum Gasteiger partial charge on any atom is 0.0710 e. The molecule has 0 spiro atoms. The second-order valence-electron chi connectivity index (χ2n) is 6.87. The number of hydrogen-bond donors (Lipinski definition) is 2. The molecule has 5 heteroatoms. The first-order chi connectivity index (χ1) is 12.9. The second kappa shape index (κ2) is 7.81. The normalized spacial score (nSPS) is 16.5. The fourth-order valence-corrected chi connectivity index (χ4v) is 3.76. The van der Waals surface area contributed by atoms with E-state index in [4.69, 9.17) is 4.74 Å². The lowest BCUT2D eigenvalue weighted by Crippen LogP contribution is -2.42. The quantitative estimate of drug-likeness (QED) is 0.717. The molecule has 1 saturated heterocycles. The van der Waals surface area contributed by atoms with Crippen molar-refractivity contribution in [2.24, 2.45) is 0 Å². The second-order valence-corrected chi connectivity index (χ2v) is 6.87. The van der Waals surface area contributed by atoms with Crippen LogP contribution in [0.4, 0.5) is 0 Å². The van der Waals surface area contributed by atoms with E-state index < -0.39 is 0 Å². The van der Waals surface area contributed by atoms with E-state index in [1.54, 1.807) is 6.20 Å². The first kappa shape index (κ1) is 16.9. The summed E-state index contributed by atoms with van der Waals surface area (Å²) in [6.07, 6.45) is 7.64. The average molecular weight is 348 g/mol. The predicted octanol–water partition coefficient (Wildman–Crippen LogP) is 3.31. The van der Waals surface area contributed by atoms with Crippen molar-refractivity contribution in [2.75, 3.05) is 19.8 Å². The lowest BCUT2D eigenvalue weighted by molar-refractivity contribution is 0.0498. The van der Waals surface area contributed by atoms with Gasteiger partial charge in [0, 0.05) is 55.2 Å². The molecule has 2 N–H and O–H groups in total. The van der Waals surface area contributed by atoms with Gasteiger partial charge in [-0.3, -0.25) is 10.1 Å². The zero-order valence-corrected chi connectivity index (χ0v) is 14.8. The summed E-state index contributed by atoms with van der Waals surface area (Å²) in [5.41, 5.74) is 4.79. The Morgan fingerprint density at radius 3 is 2.65 bits per heavy atom. The number of aromatic nitrogens is 3. The highest BCUT2D eigenvalue weighted by molar-refractivity contribution is 5.61. The van der Waals surface area contributed by atoms with Crippen molar-refractivity contribution < 1.29 is 4.74 Å². The summed E-state index contributed by atoms with van der Waals surface area (Å²) in [6.45, 7) is 3.35. The molecule has 1 aromatic carbocycles. The number of benzene rings is 1. The molecule has 0 amide bonds. The SMILES string of the molecule is c1ccc(C2(CNCc3cn[nH]c3-c3cccnc3)CCOCC2)cc1. The number of pyridine rings is 1. The summed E-state index contributed by atoms with van der Waals surface area (Å²) >= 11 is 0. The van der Waals surface area contributed by atoms with Gasteiger partial charge in [0.15, 0.2) is 0 Å². The number of aromatic amines is 1. The van der Waals surface area contributed by atoms with Crippen LogP contribution in [-0.4, -0.2) is 34.9 Å². The average Bonchev–Trinajstić information content (AvgIpc) is 3.19. The topological polar surface area (TPSA) is 62.8 Å². The summed E-state index contributed by atoms with van der Waals surface area (Å²) < 4.78 is 5.63. The molecule has 3 heterocycles. The van der Waals surface area contributed by atoms with Crippen LogP contribution in [0.25, 0.3) is 11.3 Å². The van der Waals surface area contributed by atoms with Crippen LogP contribution in [0, 0.1) is 0 Å². The van der Waals surface area contributed by atoms with E-state index in [9.17, 15) is 0 Å². The molecule has 1 fully saturated rings. The summed E-state index contributed by atoms with van der Waals surface area (Å²) in [5, 5.41) is 11.0. The first-order valence-corrected chi connectivity index (χ1v) is 9.14. The van der Waals surface area contributed by atoms with Crippen molar-refractivity contribution in [3.05, 3.63) is 72.2 Å². The Labute approximate surface area is 153 Å². The van der Waals surface area contributed by atoms with Crippen LogP contribution < -0.4 is 5.32 Å². The van der Waals surface area contributed by atoms with Crippen molar-refractivity contribution >= 4 is 0 Å². The van der Waals surface area contributed by atoms with Crippen LogP contribution in [0.15, 0.2) is 61.1 Å². The van der Waals surface area contributed by atoms with Gasteiger partial charge in [0.25, 0.3) is 0 Å². The smallest absolute Gasteiger partial charge is 0.0710 e. The molecule has 26 heavy (non-hydrogen) atoms. The minimum Gasteiger partial charge on any atom is -0.381 e. The Kier molecular flexibility index (Phi) is 5.09. The highest BCUT2D eigenvalue weighted by Crippen LogP contribution is 2.34. The molecule has 0 unspecified atom stereocenters. The fraction of sp³-hybridized carbons (Fsp3) is 0.333. The van der Waals surface area contributed by atoms with Gasteiger partial charge in [0.2, 0.25) is 0 Å². The van der Waals surface area contributed by atoms with E-state index in [0.29, 0.717) is 0 Å². The van der Waals surface area contributed by atoms with Gasteiger partial charge in [-0.2, -0.15) is 5.10 Å². The van der Waals surface area contributed by atoms with E-state index in [1.165, 1.54) is 5.56 Å². The third-order valence-electron chi connectivity index (χ3n) is 5.28. The number of nitrogens with one attached hydrogen (secondary N) is 2. The lowest BCUT2D eigenvalue weighted by atomic mass is 9.74. The molecule has 4 rings (SSSR count). The van der Waals surface area contributed by atoms with Gasteiger partial charge in [-0.25, -0.2) is 0 Å². The summed E-state index contributed by atoms with van der Waals surface area (Å²) in [6, 6.07) is 14.8. The fourth-order valence-electron chi connectivity index (χ4n) is 3.76. The molecule has 5 nitrogen and oxygen atoms in total. The molecular formula is C21H24N4O. The summed E-state index contributed by atoms with van der Waals surface area (Å²) in [7, 11) is 0. The zero-order chi connectivity index (χ0) is 17.7. The largest absolute Gasteiger partial charge is 0.381 e. The highest BCUT2D eigenvalue weighted by Gasteiger charge is 2.34. The van der Waals surface area contributed by atoms with Crippen molar-refractivity contribution in [2.45, 2.75) is 24.8 Å². The molecule has 0 radical (unpaired) electrons. The van der Waals surface area contributed by atoms with Crippen LogP contribution in [0.1, 0.15) is 24.0 Å². The van der Waals surface area contributed by atoms with E-state index in [1.807, 2.05) is 24.5 Å². The van der Waals surface area contributed by atoms with Gasteiger partial charge in [0.1, 0.15) is 0 Å². The molecule has 2 aromatic heterocycles. The lowest BCUT2D eigenvalue weighted by Gasteiger charge is -2.38. The van der Waals surface area contributed by atoms with Crippen LogP contribution in [0.5, 0.6) is 0 Å². The molecule has 134 valence electrons. The Morgan fingerprint density at radius 2 is 1.88 bits per heavy atom. The standard InChI is InChI=1S/C21H24N4O/c1-2-6-19(7-3-1)21(8-11-26-12-9-21)16-23-14-18-15-24-25-20(18)17-5-4-10-22-13-17/h1-7,10,13,15,23H,8-9,11-12,14,16H2,(H,24,25). The number of nitrogens with zero attached hydrogens (tertiary/aromatic N) is 2. The van der Waals surface area contributed by atoms with Gasteiger partial charge in [-0.05, 0) is 30.5 Å². The minimum absolute atomic E-state index is 0.137. The maximum atomic E-state index is 5.63. The Hall–Kier alpha value is -2.50. The van der Waals surface area contributed by atoms with Crippen LogP contribution in [-0.2, 0) is 16.7 Å².